The second-order valence-corrected chi connectivity index (χ2v) is 8.09. The zero-order chi connectivity index (χ0) is 19.7. The predicted octanol–water partition coefficient (Wildman–Crippen LogP) is 3.66. The fraction of sp³-hybridized carbons (Fsp3) is 0.333. The fourth-order valence-corrected chi connectivity index (χ4v) is 4.21. The van der Waals surface area contributed by atoms with Crippen LogP contribution in [0.25, 0.3) is 0 Å². The number of morpholine rings is 1. The normalized spacial score (nSPS) is 19.0. The molecule has 2 aromatic rings. The molecule has 1 saturated heterocycles. The lowest BCUT2D eigenvalue weighted by molar-refractivity contribution is -0.274. The minimum absolute atomic E-state index is 0.0958. The third-order valence-corrected chi connectivity index (χ3v) is 6.05. The van der Waals surface area contributed by atoms with Gasteiger partial charge in [-0.2, -0.15) is 4.31 Å². The van der Waals surface area contributed by atoms with Gasteiger partial charge in [0.25, 0.3) is 0 Å². The fourth-order valence-electron chi connectivity index (χ4n) is 2.79. The molecule has 9 heteroatoms. The van der Waals surface area contributed by atoms with Crippen molar-refractivity contribution in [2.75, 3.05) is 19.7 Å². The lowest BCUT2D eigenvalue weighted by Crippen LogP contribution is -2.42. The molecule has 0 spiro atoms. The summed E-state index contributed by atoms with van der Waals surface area (Å²) in [7, 11) is -3.86. The van der Waals surface area contributed by atoms with E-state index in [0.717, 1.165) is 35.4 Å². The van der Waals surface area contributed by atoms with E-state index in [9.17, 15) is 21.6 Å². The van der Waals surface area contributed by atoms with E-state index in [-0.39, 0.29) is 24.6 Å². The van der Waals surface area contributed by atoms with Crippen LogP contribution in [-0.2, 0) is 14.8 Å². The molecule has 1 heterocycles. The number of sulfonamides is 1. The molecule has 3 rings (SSSR count). The van der Waals surface area contributed by atoms with Crippen molar-refractivity contribution >= 4 is 10.0 Å². The average Bonchev–Trinajstić information content (AvgIpc) is 2.61. The highest BCUT2D eigenvalue weighted by atomic mass is 32.2. The van der Waals surface area contributed by atoms with Gasteiger partial charge in [0.2, 0.25) is 10.0 Å². The lowest BCUT2D eigenvalue weighted by Gasteiger charge is -2.32. The number of nitrogens with zero attached hydrogens (tertiary/aromatic N) is 1. The van der Waals surface area contributed by atoms with E-state index in [1.54, 1.807) is 0 Å². The Bertz CT molecular complexity index is 880. The van der Waals surface area contributed by atoms with Crippen LogP contribution in [0.4, 0.5) is 13.2 Å². The molecule has 0 aliphatic carbocycles. The van der Waals surface area contributed by atoms with Gasteiger partial charge in [0.1, 0.15) is 5.75 Å². The van der Waals surface area contributed by atoms with Gasteiger partial charge in [-0.3, -0.25) is 0 Å². The van der Waals surface area contributed by atoms with Crippen LogP contribution in [0.5, 0.6) is 5.75 Å². The predicted molar refractivity (Wildman–Crippen MR) is 91.8 cm³/mol. The van der Waals surface area contributed by atoms with Crippen molar-refractivity contribution in [2.45, 2.75) is 24.3 Å². The maximum absolute atomic E-state index is 12.8. The van der Waals surface area contributed by atoms with Crippen molar-refractivity contribution in [2.24, 2.45) is 0 Å². The second kappa shape index (κ2) is 7.49. The van der Waals surface area contributed by atoms with Crippen molar-refractivity contribution in [3.63, 3.8) is 0 Å². The summed E-state index contributed by atoms with van der Waals surface area (Å²) in [4.78, 5) is -0.0958. The highest BCUT2D eigenvalue weighted by molar-refractivity contribution is 7.89. The minimum atomic E-state index is -4.83. The van der Waals surface area contributed by atoms with Gasteiger partial charge < -0.3 is 9.47 Å². The smallest absolute Gasteiger partial charge is 0.406 e. The van der Waals surface area contributed by atoms with E-state index in [0.29, 0.717) is 0 Å². The first-order valence-electron chi connectivity index (χ1n) is 8.19. The zero-order valence-corrected chi connectivity index (χ0v) is 15.3. The molecule has 5 nitrogen and oxygen atoms in total. The van der Waals surface area contributed by atoms with Crippen molar-refractivity contribution in [3.8, 4) is 5.75 Å². The van der Waals surface area contributed by atoms with Crippen LogP contribution in [0.3, 0.4) is 0 Å². The monoisotopic (exact) mass is 401 g/mol. The molecule has 0 radical (unpaired) electrons. The molecule has 1 aliphatic rings. The van der Waals surface area contributed by atoms with E-state index in [2.05, 4.69) is 4.74 Å². The Hall–Kier alpha value is -2.10. The Balaban J connectivity index is 1.76. The first kappa shape index (κ1) is 19.7. The van der Waals surface area contributed by atoms with Crippen LogP contribution in [-0.4, -0.2) is 38.8 Å². The molecule has 0 N–H and O–H groups in total. The van der Waals surface area contributed by atoms with Crippen molar-refractivity contribution in [3.05, 3.63) is 59.7 Å². The molecule has 1 unspecified atom stereocenters. The quantitative estimate of drug-likeness (QED) is 0.785. The highest BCUT2D eigenvalue weighted by Crippen LogP contribution is 2.28. The Morgan fingerprint density at radius 1 is 1.07 bits per heavy atom. The number of halogens is 3. The summed E-state index contributed by atoms with van der Waals surface area (Å²) in [6, 6.07) is 11.8. The molecule has 1 fully saturated rings. The minimum Gasteiger partial charge on any atom is -0.406 e. The molecule has 146 valence electrons. The lowest BCUT2D eigenvalue weighted by atomic mass is 10.1. The summed E-state index contributed by atoms with van der Waals surface area (Å²) in [5, 5.41) is 0. The Morgan fingerprint density at radius 3 is 2.30 bits per heavy atom. The zero-order valence-electron chi connectivity index (χ0n) is 14.4. The van der Waals surface area contributed by atoms with Gasteiger partial charge in [0.15, 0.2) is 0 Å². The van der Waals surface area contributed by atoms with Gasteiger partial charge in [-0.15, -0.1) is 13.2 Å². The number of benzene rings is 2. The molecule has 0 amide bonds. The SMILES string of the molecule is Cc1ccc(C2CN(S(=O)(=O)c3ccc(OC(F)(F)F)cc3)CCO2)cc1. The molecule has 0 aromatic heterocycles. The number of aryl methyl sites for hydroxylation is 1. The van der Waals surface area contributed by atoms with Crippen molar-refractivity contribution in [1.29, 1.82) is 0 Å². The molecule has 0 saturated carbocycles. The molecule has 1 aliphatic heterocycles. The van der Waals surface area contributed by atoms with Gasteiger partial charge in [0, 0.05) is 13.1 Å². The topological polar surface area (TPSA) is 55.8 Å². The van der Waals surface area contributed by atoms with E-state index in [1.165, 1.54) is 4.31 Å². The summed E-state index contributed by atoms with van der Waals surface area (Å²) < 4.78 is 73.1. The first-order valence-corrected chi connectivity index (χ1v) is 9.63. The third kappa shape index (κ3) is 4.79. The molecule has 2 aromatic carbocycles. The third-order valence-electron chi connectivity index (χ3n) is 4.17. The highest BCUT2D eigenvalue weighted by Gasteiger charge is 2.33. The summed E-state index contributed by atoms with van der Waals surface area (Å²) >= 11 is 0. The van der Waals surface area contributed by atoms with Gasteiger partial charge in [-0.25, -0.2) is 8.42 Å². The van der Waals surface area contributed by atoms with Crippen LogP contribution in [0.15, 0.2) is 53.4 Å². The van der Waals surface area contributed by atoms with E-state index in [4.69, 9.17) is 4.74 Å². The molecular weight excluding hydrogens is 383 g/mol. The van der Waals surface area contributed by atoms with Crippen LogP contribution in [0.1, 0.15) is 17.2 Å². The van der Waals surface area contributed by atoms with Crippen LogP contribution >= 0.6 is 0 Å². The number of ether oxygens (including phenoxy) is 2. The Kier molecular flexibility index (Phi) is 5.45. The van der Waals surface area contributed by atoms with Gasteiger partial charge in [-0.05, 0) is 36.8 Å². The van der Waals surface area contributed by atoms with E-state index in [1.807, 2.05) is 31.2 Å². The van der Waals surface area contributed by atoms with E-state index >= 15 is 0 Å². The van der Waals surface area contributed by atoms with E-state index < -0.39 is 28.2 Å². The summed E-state index contributed by atoms with van der Waals surface area (Å²) in [5.74, 6) is -0.471. The van der Waals surface area contributed by atoms with Gasteiger partial charge in [-0.1, -0.05) is 29.8 Å². The molecule has 0 bridgehead atoms. The summed E-state index contributed by atoms with van der Waals surface area (Å²) in [6.07, 6.45) is -5.23. The molecular formula is C18H18F3NO4S. The van der Waals surface area contributed by atoms with Gasteiger partial charge >= 0.3 is 6.36 Å². The number of hydrogen-bond acceptors (Lipinski definition) is 4. The summed E-state index contributed by atoms with van der Waals surface area (Å²) in [5.41, 5.74) is 1.95. The average molecular weight is 401 g/mol. The van der Waals surface area contributed by atoms with Crippen molar-refractivity contribution in [1.82, 2.24) is 4.31 Å². The van der Waals surface area contributed by atoms with Crippen LogP contribution in [0, 0.1) is 6.92 Å². The number of alkyl halides is 3. The molecule has 27 heavy (non-hydrogen) atoms. The largest absolute Gasteiger partial charge is 0.573 e. The van der Waals surface area contributed by atoms with Gasteiger partial charge in [0.05, 0.1) is 17.6 Å². The molecule has 1 atom stereocenters. The van der Waals surface area contributed by atoms with Crippen molar-refractivity contribution < 1.29 is 31.1 Å². The first-order chi connectivity index (χ1) is 12.6. The van der Waals surface area contributed by atoms with Crippen LogP contribution in [0.2, 0.25) is 0 Å². The van der Waals surface area contributed by atoms with Crippen LogP contribution < -0.4 is 4.74 Å². The maximum Gasteiger partial charge on any atom is 0.573 e. The standard InChI is InChI=1S/C18H18F3NO4S/c1-13-2-4-14(5-3-13)17-12-22(10-11-25-17)27(23,24)16-8-6-15(7-9-16)26-18(19,20)21/h2-9,17H,10-12H2,1H3. The summed E-state index contributed by atoms with van der Waals surface area (Å²) in [6.45, 7) is 2.49. The number of hydrogen-bond donors (Lipinski definition) is 0. The Morgan fingerprint density at radius 2 is 1.70 bits per heavy atom. The Labute approximate surface area is 155 Å². The second-order valence-electron chi connectivity index (χ2n) is 6.15. The maximum atomic E-state index is 12.8. The number of rotatable bonds is 4.